The molecule has 152 valence electrons. The lowest BCUT2D eigenvalue weighted by atomic mass is 10.1. The molecule has 4 aromatic rings. The Balaban J connectivity index is 1.67. The van der Waals surface area contributed by atoms with Crippen LogP contribution in [0.15, 0.2) is 64.5 Å². The summed E-state index contributed by atoms with van der Waals surface area (Å²) in [4.78, 5) is 22.4. The number of benzene rings is 2. The largest absolute Gasteiger partial charge is 0.333 e. The average Bonchev–Trinajstić information content (AvgIpc) is 3.11. The Morgan fingerprint density at radius 3 is 2.70 bits per heavy atom. The quantitative estimate of drug-likeness (QED) is 0.374. The van der Waals surface area contributed by atoms with Crippen LogP contribution in [0.1, 0.15) is 16.0 Å². The maximum absolute atomic E-state index is 13.7. The molecule has 0 fully saturated rings. The molecule has 1 unspecified atom stereocenters. The Labute approximate surface area is 188 Å². The molecule has 0 saturated carbocycles. The van der Waals surface area contributed by atoms with Crippen LogP contribution in [0.3, 0.4) is 0 Å². The van der Waals surface area contributed by atoms with Gasteiger partial charge in [0.25, 0.3) is 5.56 Å². The molecule has 1 N–H and O–H groups in total. The number of thiophene rings is 1. The van der Waals surface area contributed by atoms with Crippen LogP contribution in [0, 0.1) is 0 Å². The van der Waals surface area contributed by atoms with E-state index >= 15 is 0 Å². The molecule has 7 heteroatoms. The minimum Gasteiger partial charge on any atom is -0.333 e. The van der Waals surface area contributed by atoms with Gasteiger partial charge in [0.1, 0.15) is 11.4 Å². The lowest BCUT2D eigenvalue weighted by Gasteiger charge is -2.19. The van der Waals surface area contributed by atoms with E-state index < -0.39 is 0 Å². The van der Waals surface area contributed by atoms with Gasteiger partial charge in [0.2, 0.25) is 0 Å². The van der Waals surface area contributed by atoms with Crippen LogP contribution in [0.2, 0.25) is 5.02 Å². The fourth-order valence-electron chi connectivity index (χ4n) is 3.88. The first-order valence-corrected chi connectivity index (χ1v) is 12.1. The first-order valence-electron chi connectivity index (χ1n) is 9.91. The van der Waals surface area contributed by atoms with Crippen LogP contribution < -0.4 is 10.5 Å². The molecular formula is C23H21ClN3OS2+. The minimum atomic E-state index is 0.0231. The summed E-state index contributed by atoms with van der Waals surface area (Å²) in [5.41, 5.74) is 3.22. The van der Waals surface area contributed by atoms with Gasteiger partial charge >= 0.3 is 0 Å². The number of thioether (sulfide) groups is 1. The maximum Gasteiger partial charge on any atom is 0.267 e. The van der Waals surface area contributed by atoms with Crippen LogP contribution in [0.4, 0.5) is 0 Å². The van der Waals surface area contributed by atoms with Crippen molar-refractivity contribution in [2.24, 2.45) is 0 Å². The third kappa shape index (κ3) is 3.69. The number of nitrogens with zero attached hydrogens (tertiary/aromatic N) is 2. The number of rotatable bonds is 4. The molecule has 0 radical (unpaired) electrons. The molecule has 5 rings (SSSR count). The first-order chi connectivity index (χ1) is 14.6. The van der Waals surface area contributed by atoms with E-state index in [1.807, 2.05) is 42.5 Å². The second-order valence-electron chi connectivity index (χ2n) is 7.60. The zero-order valence-electron chi connectivity index (χ0n) is 16.5. The van der Waals surface area contributed by atoms with Crippen molar-refractivity contribution < 1.29 is 4.90 Å². The highest BCUT2D eigenvalue weighted by atomic mass is 35.5. The number of hydrogen-bond donors (Lipinski definition) is 1. The van der Waals surface area contributed by atoms with Gasteiger partial charge in [-0.25, -0.2) is 4.98 Å². The predicted molar refractivity (Wildman–Crippen MR) is 125 cm³/mol. The van der Waals surface area contributed by atoms with Gasteiger partial charge in [-0.3, -0.25) is 9.36 Å². The fraction of sp³-hybridized carbons (Fsp3) is 0.217. The van der Waals surface area contributed by atoms with Gasteiger partial charge in [0.15, 0.2) is 5.16 Å². The molecule has 3 heterocycles. The molecule has 1 atom stereocenters. The van der Waals surface area contributed by atoms with Crippen molar-refractivity contribution in [1.82, 2.24) is 9.55 Å². The van der Waals surface area contributed by atoms with Gasteiger partial charge in [-0.15, -0.1) is 11.3 Å². The average molecular weight is 455 g/mol. The molecule has 0 amide bonds. The third-order valence-corrected chi connectivity index (χ3v) is 7.82. The fourth-order valence-corrected chi connectivity index (χ4v) is 6.35. The summed E-state index contributed by atoms with van der Waals surface area (Å²) < 4.78 is 1.75. The number of aromatic nitrogens is 2. The molecule has 0 spiro atoms. The Bertz CT molecular complexity index is 1270. The molecule has 30 heavy (non-hydrogen) atoms. The van der Waals surface area contributed by atoms with E-state index in [-0.39, 0.29) is 5.56 Å². The van der Waals surface area contributed by atoms with Crippen molar-refractivity contribution in [2.75, 3.05) is 13.6 Å². The minimum absolute atomic E-state index is 0.0231. The van der Waals surface area contributed by atoms with Gasteiger partial charge in [-0.2, -0.15) is 0 Å². The Morgan fingerprint density at radius 1 is 1.17 bits per heavy atom. The van der Waals surface area contributed by atoms with Crippen molar-refractivity contribution in [3.8, 4) is 5.69 Å². The number of hydrogen-bond acceptors (Lipinski definition) is 4. The Kier molecular flexibility index (Phi) is 5.41. The van der Waals surface area contributed by atoms with E-state index in [4.69, 9.17) is 16.6 Å². The van der Waals surface area contributed by atoms with Gasteiger partial charge in [0, 0.05) is 17.2 Å². The second-order valence-corrected chi connectivity index (χ2v) is 10.1. The number of fused-ring (bicyclic) bond motifs is 3. The summed E-state index contributed by atoms with van der Waals surface area (Å²) in [6, 6.07) is 17.7. The molecule has 0 aliphatic carbocycles. The molecule has 4 nitrogen and oxygen atoms in total. The van der Waals surface area contributed by atoms with Crippen LogP contribution in [0.5, 0.6) is 0 Å². The predicted octanol–water partition coefficient (Wildman–Crippen LogP) is 3.96. The van der Waals surface area contributed by atoms with E-state index in [0.717, 1.165) is 46.3 Å². The summed E-state index contributed by atoms with van der Waals surface area (Å²) in [5, 5.41) is 2.16. The van der Waals surface area contributed by atoms with Gasteiger partial charge < -0.3 is 4.90 Å². The summed E-state index contributed by atoms with van der Waals surface area (Å²) >= 11 is 9.37. The summed E-state index contributed by atoms with van der Waals surface area (Å²) in [7, 11) is 2.20. The Morgan fingerprint density at radius 2 is 1.93 bits per heavy atom. The first kappa shape index (κ1) is 19.8. The van der Waals surface area contributed by atoms with E-state index in [1.165, 1.54) is 20.9 Å². The van der Waals surface area contributed by atoms with E-state index in [0.29, 0.717) is 5.02 Å². The van der Waals surface area contributed by atoms with Crippen molar-refractivity contribution >= 4 is 44.9 Å². The Hall–Kier alpha value is -2.12. The molecular weight excluding hydrogens is 434 g/mol. The topological polar surface area (TPSA) is 39.3 Å². The highest BCUT2D eigenvalue weighted by molar-refractivity contribution is 7.98. The standard InChI is InChI=1S/C23H20ClN3OS2/c1-26-12-11-18-19(13-26)30-21-20(18)22(28)27(17-9-7-16(24)8-10-17)23(25-21)29-14-15-5-3-2-4-6-15/h2-10H,11-14H2,1H3/p+1. The zero-order chi connectivity index (χ0) is 20.7. The molecule has 1 aliphatic heterocycles. The third-order valence-electron chi connectivity index (χ3n) is 5.44. The lowest BCUT2D eigenvalue weighted by Crippen LogP contribution is -3.08. The highest BCUT2D eigenvalue weighted by Gasteiger charge is 2.26. The maximum atomic E-state index is 13.7. The molecule has 0 bridgehead atoms. The number of halogens is 1. The zero-order valence-corrected chi connectivity index (χ0v) is 18.9. The van der Waals surface area contributed by atoms with Gasteiger partial charge in [-0.05, 0) is 35.4 Å². The van der Waals surface area contributed by atoms with E-state index in [1.54, 1.807) is 27.7 Å². The number of nitrogens with one attached hydrogen (secondary N) is 1. The van der Waals surface area contributed by atoms with Gasteiger partial charge in [0.05, 0.1) is 29.5 Å². The monoisotopic (exact) mass is 454 g/mol. The highest BCUT2D eigenvalue weighted by Crippen LogP contribution is 2.32. The summed E-state index contributed by atoms with van der Waals surface area (Å²) in [6.07, 6.45) is 0.926. The van der Waals surface area contributed by atoms with Crippen LogP contribution >= 0.6 is 34.7 Å². The molecule has 1 aliphatic rings. The van der Waals surface area contributed by atoms with Crippen LogP contribution in [-0.2, 0) is 18.7 Å². The van der Waals surface area contributed by atoms with Crippen molar-refractivity contribution in [3.63, 3.8) is 0 Å². The normalized spacial score (nSPS) is 16.0. The lowest BCUT2D eigenvalue weighted by molar-refractivity contribution is -0.895. The van der Waals surface area contributed by atoms with Crippen molar-refractivity contribution in [2.45, 2.75) is 23.9 Å². The molecule has 2 aromatic carbocycles. The summed E-state index contributed by atoms with van der Waals surface area (Å²) in [6.45, 7) is 2.01. The molecule has 2 aromatic heterocycles. The van der Waals surface area contributed by atoms with Gasteiger partial charge in [-0.1, -0.05) is 53.7 Å². The smallest absolute Gasteiger partial charge is 0.267 e. The number of quaternary nitrogens is 1. The molecule has 0 saturated heterocycles. The second kappa shape index (κ2) is 8.19. The van der Waals surface area contributed by atoms with Crippen molar-refractivity contribution in [3.05, 3.63) is 86.0 Å². The van der Waals surface area contributed by atoms with Crippen LogP contribution in [-0.4, -0.2) is 23.1 Å². The van der Waals surface area contributed by atoms with Crippen LogP contribution in [0.25, 0.3) is 15.9 Å². The van der Waals surface area contributed by atoms with E-state index in [9.17, 15) is 4.79 Å². The van der Waals surface area contributed by atoms with E-state index in [2.05, 4.69) is 19.2 Å². The number of likely N-dealkylation sites (N-methyl/N-ethyl adjacent to an activating group) is 1. The van der Waals surface area contributed by atoms with Crippen molar-refractivity contribution in [1.29, 1.82) is 0 Å². The summed E-state index contributed by atoms with van der Waals surface area (Å²) in [5.74, 6) is 0.754. The SMILES string of the molecule is C[NH+]1CCc2c(sc3nc(SCc4ccccc4)n(-c4ccc(Cl)cc4)c(=O)c23)C1.